The minimum absolute atomic E-state index is 0.122. The highest BCUT2D eigenvalue weighted by molar-refractivity contribution is 5.32. The van der Waals surface area contributed by atoms with Crippen LogP contribution in [0.15, 0.2) is 29.3 Å². The number of nitrogens with zero attached hydrogens (tertiary/aromatic N) is 2. The number of anilines is 1. The largest absolute Gasteiger partial charge is 0.362 e. The Bertz CT molecular complexity index is 367. The third-order valence-corrected chi connectivity index (χ3v) is 1.57. The molecule has 0 fully saturated rings. The zero-order valence-electron chi connectivity index (χ0n) is 7.87. The number of aryl methyl sites for hydroxylation is 1. The van der Waals surface area contributed by atoms with Crippen molar-refractivity contribution in [1.82, 2.24) is 9.55 Å². The van der Waals surface area contributed by atoms with E-state index in [4.69, 9.17) is 0 Å². The Morgan fingerprint density at radius 3 is 3.08 bits per heavy atom. The summed E-state index contributed by atoms with van der Waals surface area (Å²) < 4.78 is 1.48. The topological polar surface area (TPSA) is 46.9 Å². The minimum atomic E-state index is -0.122. The molecule has 0 saturated carbocycles. The summed E-state index contributed by atoms with van der Waals surface area (Å²) in [5, 5.41) is 2.91. The van der Waals surface area contributed by atoms with Gasteiger partial charge < -0.3 is 9.88 Å². The number of hydrogen-bond donors (Lipinski definition) is 1. The van der Waals surface area contributed by atoms with Crippen LogP contribution in [0, 0.1) is 0 Å². The summed E-state index contributed by atoms with van der Waals surface area (Å²) in [5.41, 5.74) is 0.844. The lowest BCUT2D eigenvalue weighted by Crippen LogP contribution is -2.22. The van der Waals surface area contributed by atoms with Gasteiger partial charge in [0.2, 0.25) is 0 Å². The summed E-state index contributed by atoms with van der Waals surface area (Å²) in [6.07, 6.45) is 3.20. The van der Waals surface area contributed by atoms with E-state index in [1.165, 1.54) is 4.57 Å². The molecule has 0 radical (unpaired) electrons. The van der Waals surface area contributed by atoms with Crippen molar-refractivity contribution in [2.24, 2.45) is 7.05 Å². The number of hydrogen-bond acceptors (Lipinski definition) is 3. The molecular weight excluding hydrogens is 166 g/mol. The van der Waals surface area contributed by atoms with Gasteiger partial charge in [0.1, 0.15) is 0 Å². The Kier molecular flexibility index (Phi) is 2.84. The normalized spacial score (nSPS) is 9.69. The van der Waals surface area contributed by atoms with Crippen LogP contribution in [0.1, 0.15) is 6.92 Å². The third-order valence-electron chi connectivity index (χ3n) is 1.57. The Balaban J connectivity index is 2.84. The van der Waals surface area contributed by atoms with E-state index in [2.05, 4.69) is 16.9 Å². The van der Waals surface area contributed by atoms with Crippen molar-refractivity contribution in [2.75, 3.05) is 11.9 Å². The van der Waals surface area contributed by atoms with Gasteiger partial charge in [0.15, 0.2) is 5.82 Å². The molecule has 1 N–H and O–H groups in total. The second kappa shape index (κ2) is 3.89. The highest BCUT2D eigenvalue weighted by Crippen LogP contribution is 1.93. The molecule has 0 aromatic carbocycles. The third kappa shape index (κ3) is 2.43. The summed E-state index contributed by atoms with van der Waals surface area (Å²) in [7, 11) is 1.69. The molecule has 0 amide bonds. The molecule has 0 spiro atoms. The van der Waals surface area contributed by atoms with Gasteiger partial charge in [0, 0.05) is 26.0 Å². The van der Waals surface area contributed by atoms with Crippen molar-refractivity contribution in [2.45, 2.75) is 6.92 Å². The van der Waals surface area contributed by atoms with Crippen LogP contribution in [0.25, 0.3) is 0 Å². The maximum Gasteiger partial charge on any atom is 0.293 e. The van der Waals surface area contributed by atoms with Crippen molar-refractivity contribution < 1.29 is 0 Å². The first-order valence-corrected chi connectivity index (χ1v) is 4.01. The molecule has 0 atom stereocenters. The first-order valence-electron chi connectivity index (χ1n) is 4.01. The van der Waals surface area contributed by atoms with Crippen molar-refractivity contribution >= 4 is 5.82 Å². The van der Waals surface area contributed by atoms with Crippen LogP contribution in [0.2, 0.25) is 0 Å². The second-order valence-corrected chi connectivity index (χ2v) is 3.00. The Hall–Kier alpha value is -1.58. The predicted molar refractivity (Wildman–Crippen MR) is 52.8 cm³/mol. The van der Waals surface area contributed by atoms with Crippen LogP contribution in [0.5, 0.6) is 0 Å². The molecule has 1 aromatic rings. The van der Waals surface area contributed by atoms with Crippen LogP contribution in [-0.2, 0) is 7.05 Å². The van der Waals surface area contributed by atoms with Crippen molar-refractivity contribution in [3.05, 3.63) is 34.9 Å². The molecule has 4 nitrogen and oxygen atoms in total. The van der Waals surface area contributed by atoms with E-state index in [9.17, 15) is 4.79 Å². The molecule has 0 aliphatic rings. The fourth-order valence-electron chi connectivity index (χ4n) is 0.854. The molecule has 0 aliphatic carbocycles. The fourth-order valence-corrected chi connectivity index (χ4v) is 0.854. The van der Waals surface area contributed by atoms with Gasteiger partial charge in [-0.25, -0.2) is 4.98 Å². The highest BCUT2D eigenvalue weighted by atomic mass is 16.1. The lowest BCUT2D eigenvalue weighted by molar-refractivity contribution is 0.841. The molecule has 0 saturated heterocycles. The molecule has 0 unspecified atom stereocenters. The maximum absolute atomic E-state index is 11.4. The molecule has 1 rings (SSSR count). The molecule has 70 valence electrons. The van der Waals surface area contributed by atoms with Gasteiger partial charge in [-0.05, 0) is 6.92 Å². The van der Waals surface area contributed by atoms with Crippen LogP contribution in [0.4, 0.5) is 5.82 Å². The molecule has 4 heteroatoms. The zero-order chi connectivity index (χ0) is 9.84. The lowest BCUT2D eigenvalue weighted by atomic mass is 10.3. The van der Waals surface area contributed by atoms with Crippen LogP contribution >= 0.6 is 0 Å². The summed E-state index contributed by atoms with van der Waals surface area (Å²) in [6, 6.07) is 0. The van der Waals surface area contributed by atoms with Crippen molar-refractivity contribution in [3.8, 4) is 0 Å². The summed E-state index contributed by atoms with van der Waals surface area (Å²) in [6.45, 7) is 6.19. The molecular formula is C9H13N3O. The monoisotopic (exact) mass is 179 g/mol. The Labute approximate surface area is 76.9 Å². The van der Waals surface area contributed by atoms with Gasteiger partial charge >= 0.3 is 0 Å². The first kappa shape index (κ1) is 9.51. The smallest absolute Gasteiger partial charge is 0.293 e. The van der Waals surface area contributed by atoms with E-state index in [0.29, 0.717) is 12.4 Å². The quantitative estimate of drug-likeness (QED) is 0.697. The van der Waals surface area contributed by atoms with E-state index in [1.54, 1.807) is 19.4 Å². The molecule has 1 heterocycles. The second-order valence-electron chi connectivity index (χ2n) is 3.00. The summed E-state index contributed by atoms with van der Waals surface area (Å²) >= 11 is 0. The molecule has 13 heavy (non-hydrogen) atoms. The van der Waals surface area contributed by atoms with Gasteiger partial charge in [0.05, 0.1) is 0 Å². The Morgan fingerprint density at radius 1 is 1.77 bits per heavy atom. The zero-order valence-corrected chi connectivity index (χ0v) is 7.87. The SMILES string of the molecule is C=C(C)CNc1nccn(C)c1=O. The fraction of sp³-hybridized carbons (Fsp3) is 0.333. The minimum Gasteiger partial charge on any atom is -0.362 e. The van der Waals surface area contributed by atoms with E-state index in [-0.39, 0.29) is 5.56 Å². The van der Waals surface area contributed by atoms with E-state index >= 15 is 0 Å². The summed E-state index contributed by atoms with van der Waals surface area (Å²) in [4.78, 5) is 15.3. The molecule has 1 aromatic heterocycles. The standard InChI is InChI=1S/C9H13N3O/c1-7(2)6-11-8-9(13)12(3)5-4-10-8/h4-5H,1,6H2,2-3H3,(H,10,11). The number of rotatable bonds is 3. The average molecular weight is 179 g/mol. The van der Waals surface area contributed by atoms with E-state index in [1.807, 2.05) is 6.92 Å². The van der Waals surface area contributed by atoms with E-state index in [0.717, 1.165) is 5.57 Å². The van der Waals surface area contributed by atoms with Gasteiger partial charge in [-0.2, -0.15) is 0 Å². The Morgan fingerprint density at radius 2 is 2.46 bits per heavy atom. The van der Waals surface area contributed by atoms with Gasteiger partial charge in [0.25, 0.3) is 5.56 Å². The van der Waals surface area contributed by atoms with Gasteiger partial charge in [-0.3, -0.25) is 4.79 Å². The van der Waals surface area contributed by atoms with Crippen molar-refractivity contribution in [1.29, 1.82) is 0 Å². The first-order chi connectivity index (χ1) is 6.11. The van der Waals surface area contributed by atoms with Crippen LogP contribution in [0.3, 0.4) is 0 Å². The average Bonchev–Trinajstić information content (AvgIpc) is 2.07. The lowest BCUT2D eigenvalue weighted by Gasteiger charge is -2.04. The van der Waals surface area contributed by atoms with Gasteiger partial charge in [-0.15, -0.1) is 0 Å². The highest BCUT2D eigenvalue weighted by Gasteiger charge is 1.99. The van der Waals surface area contributed by atoms with Crippen LogP contribution < -0.4 is 10.9 Å². The van der Waals surface area contributed by atoms with Crippen LogP contribution in [-0.4, -0.2) is 16.1 Å². The van der Waals surface area contributed by atoms with Gasteiger partial charge in [-0.1, -0.05) is 12.2 Å². The van der Waals surface area contributed by atoms with Crippen molar-refractivity contribution in [3.63, 3.8) is 0 Å². The predicted octanol–water partition coefficient (Wildman–Crippen LogP) is 0.768. The number of aromatic nitrogens is 2. The molecule has 0 aliphatic heterocycles. The maximum atomic E-state index is 11.4. The number of nitrogens with one attached hydrogen (secondary N) is 1. The van der Waals surface area contributed by atoms with E-state index < -0.39 is 0 Å². The summed E-state index contributed by atoms with van der Waals surface area (Å²) in [5.74, 6) is 0.369. The molecule has 0 bridgehead atoms.